The summed E-state index contributed by atoms with van der Waals surface area (Å²) in [7, 11) is 0. The van der Waals surface area contributed by atoms with Gasteiger partial charge in [0.15, 0.2) is 0 Å². The predicted molar refractivity (Wildman–Crippen MR) is 99.2 cm³/mol. The summed E-state index contributed by atoms with van der Waals surface area (Å²) in [4.78, 5) is 23.1. The van der Waals surface area contributed by atoms with Crippen LogP contribution in [0.1, 0.15) is 22.8 Å². The Morgan fingerprint density at radius 1 is 1.17 bits per heavy atom. The summed E-state index contributed by atoms with van der Waals surface area (Å²) in [5.41, 5.74) is 3.41. The van der Waals surface area contributed by atoms with E-state index in [0.29, 0.717) is 0 Å². The zero-order valence-corrected chi connectivity index (χ0v) is 15.4. The summed E-state index contributed by atoms with van der Waals surface area (Å²) < 4.78 is 47.2. The highest BCUT2D eigenvalue weighted by Gasteiger charge is 2.39. The van der Waals surface area contributed by atoms with Crippen molar-refractivity contribution in [3.05, 3.63) is 47.5 Å². The van der Waals surface area contributed by atoms with Gasteiger partial charge in [-0.2, -0.15) is 18.4 Å². The summed E-state index contributed by atoms with van der Waals surface area (Å²) in [6.45, 7) is 1.81. The number of amides is 2. The van der Waals surface area contributed by atoms with Crippen molar-refractivity contribution in [3.8, 4) is 22.5 Å². The summed E-state index contributed by atoms with van der Waals surface area (Å²) in [5, 5.41) is 14.8. The van der Waals surface area contributed by atoms with Gasteiger partial charge in [-0.3, -0.25) is 0 Å². The molecule has 0 spiro atoms. The Morgan fingerprint density at radius 3 is 2.40 bits per heavy atom. The molecule has 30 heavy (non-hydrogen) atoms. The van der Waals surface area contributed by atoms with Crippen molar-refractivity contribution < 1.29 is 27.5 Å². The molecule has 12 heteroatoms. The van der Waals surface area contributed by atoms with Crippen molar-refractivity contribution in [3.63, 3.8) is 0 Å². The number of anilines is 1. The molecule has 0 saturated carbocycles. The summed E-state index contributed by atoms with van der Waals surface area (Å²) in [5.74, 6) is -0.968. The lowest BCUT2D eigenvalue weighted by molar-refractivity contribution is -0.136. The lowest BCUT2D eigenvalue weighted by Gasteiger charge is -2.19. The average molecular weight is 420 g/mol. The van der Waals surface area contributed by atoms with Gasteiger partial charge in [-0.15, -0.1) is 10.2 Å². The van der Waals surface area contributed by atoms with Crippen LogP contribution < -0.4 is 11.1 Å². The van der Waals surface area contributed by atoms with Crippen LogP contribution in [-0.4, -0.2) is 39.2 Å². The van der Waals surface area contributed by atoms with Crippen LogP contribution in [0.2, 0.25) is 0 Å². The largest absolute Gasteiger partial charge is 0.462 e. The fraction of sp³-hybridized carbons (Fsp3) is 0.167. The summed E-state index contributed by atoms with van der Waals surface area (Å²) in [6.07, 6.45) is -4.85. The molecule has 3 aromatic rings. The van der Waals surface area contributed by atoms with Gasteiger partial charge in [0.1, 0.15) is 0 Å². The Bertz CT molecular complexity index is 1070. The lowest BCUT2D eigenvalue weighted by Crippen LogP contribution is -2.21. The van der Waals surface area contributed by atoms with Crippen LogP contribution in [-0.2, 0) is 10.9 Å². The number of aromatic amines is 1. The maximum Gasteiger partial charge on any atom is 0.417 e. The Hall–Kier alpha value is -3.96. The first-order chi connectivity index (χ1) is 14.2. The number of primary amides is 1. The van der Waals surface area contributed by atoms with E-state index in [0.717, 1.165) is 0 Å². The third-order valence-corrected chi connectivity index (χ3v) is 4.02. The summed E-state index contributed by atoms with van der Waals surface area (Å²) in [6, 6.07) is 6.81. The minimum Gasteiger partial charge on any atom is -0.462 e. The number of carbonyl (C=O) groups is 2. The van der Waals surface area contributed by atoms with E-state index < -0.39 is 29.3 Å². The van der Waals surface area contributed by atoms with Gasteiger partial charge >= 0.3 is 18.2 Å². The van der Waals surface area contributed by atoms with E-state index in [1.54, 1.807) is 6.92 Å². The zero-order valence-electron chi connectivity index (χ0n) is 15.4. The standard InChI is InChI=1S/C18H15F3N6O3/c1-2-30-16(28)10-5-3-9(4-6-10)11-7-8-12(23-17(22)29)13(14(11)18(19,20)21)15-24-26-27-25-15/h3-8H,2H2,1H3,(H3,22,23,29)(H,24,25,26,27). The number of nitrogens with two attached hydrogens (primary N) is 1. The normalized spacial score (nSPS) is 11.2. The molecule has 0 atom stereocenters. The van der Waals surface area contributed by atoms with Gasteiger partial charge in [0.25, 0.3) is 0 Å². The molecule has 0 aliphatic heterocycles. The molecule has 2 amide bonds. The van der Waals surface area contributed by atoms with Gasteiger partial charge in [-0.05, 0) is 41.5 Å². The molecular formula is C18H15F3N6O3. The highest BCUT2D eigenvalue weighted by Crippen LogP contribution is 2.45. The zero-order chi connectivity index (χ0) is 21.9. The number of hydrogen-bond acceptors (Lipinski definition) is 6. The number of H-pyrrole nitrogens is 1. The molecule has 1 heterocycles. The molecule has 2 aromatic carbocycles. The monoisotopic (exact) mass is 420 g/mol. The van der Waals surface area contributed by atoms with Gasteiger partial charge in [-0.1, -0.05) is 18.2 Å². The van der Waals surface area contributed by atoms with Crippen LogP contribution in [0.25, 0.3) is 22.5 Å². The van der Waals surface area contributed by atoms with Gasteiger partial charge in [0, 0.05) is 0 Å². The number of aromatic nitrogens is 4. The number of nitrogens with one attached hydrogen (secondary N) is 2. The van der Waals surface area contributed by atoms with Crippen molar-refractivity contribution in [2.24, 2.45) is 5.73 Å². The highest BCUT2D eigenvalue weighted by atomic mass is 19.4. The van der Waals surface area contributed by atoms with Crippen LogP contribution in [0.4, 0.5) is 23.7 Å². The van der Waals surface area contributed by atoms with Crippen LogP contribution >= 0.6 is 0 Å². The predicted octanol–water partition coefficient (Wildman–Crippen LogP) is 3.22. The van der Waals surface area contributed by atoms with Crippen LogP contribution in [0.5, 0.6) is 0 Å². The SMILES string of the molecule is CCOC(=O)c1ccc(-c2ccc(NC(N)=O)c(-c3nn[nH]n3)c2C(F)(F)F)cc1. The molecule has 156 valence electrons. The van der Waals surface area contributed by atoms with E-state index in [-0.39, 0.29) is 34.8 Å². The maximum absolute atomic E-state index is 14.1. The molecular weight excluding hydrogens is 405 g/mol. The minimum absolute atomic E-state index is 0.168. The quantitative estimate of drug-likeness (QED) is 0.542. The number of benzene rings is 2. The molecule has 0 unspecified atom stereocenters. The number of hydrogen-bond donors (Lipinski definition) is 3. The lowest BCUT2D eigenvalue weighted by atomic mass is 9.92. The summed E-state index contributed by atoms with van der Waals surface area (Å²) >= 11 is 0. The van der Waals surface area contributed by atoms with Gasteiger partial charge < -0.3 is 15.8 Å². The van der Waals surface area contributed by atoms with Crippen LogP contribution in [0.15, 0.2) is 36.4 Å². The molecule has 0 aliphatic carbocycles. The Labute approximate surface area is 167 Å². The number of nitrogens with zero attached hydrogens (tertiary/aromatic N) is 3. The van der Waals surface area contributed by atoms with Gasteiger partial charge in [0.05, 0.1) is 29.0 Å². The fourth-order valence-corrected chi connectivity index (χ4v) is 2.87. The van der Waals surface area contributed by atoms with E-state index in [9.17, 15) is 22.8 Å². The van der Waals surface area contributed by atoms with Crippen LogP contribution in [0, 0.1) is 0 Å². The first kappa shape index (κ1) is 20.8. The second-order valence-electron chi connectivity index (χ2n) is 5.93. The molecule has 0 saturated heterocycles. The molecule has 1 aromatic heterocycles. The second kappa shape index (κ2) is 8.19. The number of urea groups is 1. The van der Waals surface area contributed by atoms with Gasteiger partial charge in [-0.25, -0.2) is 9.59 Å². The average Bonchev–Trinajstić information content (AvgIpc) is 3.21. The highest BCUT2D eigenvalue weighted by molar-refractivity contribution is 5.96. The molecule has 0 bridgehead atoms. The molecule has 0 aliphatic rings. The molecule has 3 rings (SSSR count). The Balaban J connectivity index is 2.22. The topological polar surface area (TPSA) is 136 Å². The van der Waals surface area contributed by atoms with E-state index in [4.69, 9.17) is 10.5 Å². The number of halogens is 3. The number of rotatable bonds is 5. The van der Waals surface area contributed by atoms with Gasteiger partial charge in [0.2, 0.25) is 5.82 Å². The third kappa shape index (κ3) is 4.21. The van der Waals surface area contributed by atoms with E-state index in [2.05, 4.69) is 25.9 Å². The fourth-order valence-electron chi connectivity index (χ4n) is 2.87. The molecule has 9 nitrogen and oxygen atoms in total. The van der Waals surface area contributed by atoms with Crippen molar-refractivity contribution in [1.82, 2.24) is 20.6 Å². The molecule has 0 fully saturated rings. The van der Waals surface area contributed by atoms with Crippen molar-refractivity contribution >= 4 is 17.7 Å². The maximum atomic E-state index is 14.1. The van der Waals surface area contributed by atoms with Crippen molar-refractivity contribution in [1.29, 1.82) is 0 Å². The molecule has 4 N–H and O–H groups in total. The molecule has 0 radical (unpaired) electrons. The number of ether oxygens (including phenoxy) is 1. The number of esters is 1. The number of tetrazole rings is 1. The van der Waals surface area contributed by atoms with E-state index in [1.165, 1.54) is 36.4 Å². The first-order valence-electron chi connectivity index (χ1n) is 8.54. The third-order valence-electron chi connectivity index (χ3n) is 4.02. The van der Waals surface area contributed by atoms with Crippen LogP contribution in [0.3, 0.4) is 0 Å². The smallest absolute Gasteiger partial charge is 0.417 e. The van der Waals surface area contributed by atoms with E-state index >= 15 is 0 Å². The van der Waals surface area contributed by atoms with Crippen molar-refractivity contribution in [2.75, 3.05) is 11.9 Å². The van der Waals surface area contributed by atoms with Crippen molar-refractivity contribution in [2.45, 2.75) is 13.1 Å². The van der Waals surface area contributed by atoms with E-state index in [1.807, 2.05) is 0 Å². The second-order valence-corrected chi connectivity index (χ2v) is 5.93. The first-order valence-corrected chi connectivity index (χ1v) is 8.54. The number of carbonyl (C=O) groups excluding carboxylic acids is 2. The Morgan fingerprint density at radius 2 is 1.87 bits per heavy atom. The number of alkyl halides is 3. The minimum atomic E-state index is -4.85. The Kier molecular flexibility index (Phi) is 5.67.